The summed E-state index contributed by atoms with van der Waals surface area (Å²) in [4.78, 5) is 12.6. The first-order valence-corrected chi connectivity index (χ1v) is 6.10. The van der Waals surface area contributed by atoms with E-state index in [-0.39, 0.29) is 12.5 Å². The molecule has 3 nitrogen and oxygen atoms in total. The van der Waals surface area contributed by atoms with Gasteiger partial charge in [-0.25, -0.2) is 0 Å². The molecule has 0 atom stereocenters. The SMILES string of the molecule is CC(C)N(CCC(=O)O)c1cc(Cl)cc(Cl)c1. The first-order chi connectivity index (χ1) is 7.90. The van der Waals surface area contributed by atoms with Crippen LogP contribution in [0.3, 0.4) is 0 Å². The standard InChI is InChI=1S/C12H15Cl2NO2/c1-8(2)15(4-3-12(16)17)11-6-9(13)5-10(14)7-11/h5-8H,3-4H2,1-2H3,(H,16,17). The van der Waals surface area contributed by atoms with E-state index in [2.05, 4.69) is 0 Å². The third-order valence-corrected chi connectivity index (χ3v) is 2.81. The van der Waals surface area contributed by atoms with E-state index in [0.717, 1.165) is 5.69 Å². The fourth-order valence-corrected chi connectivity index (χ4v) is 2.12. The number of rotatable bonds is 5. The zero-order valence-corrected chi connectivity index (χ0v) is 11.3. The summed E-state index contributed by atoms with van der Waals surface area (Å²) in [6, 6.07) is 5.41. The number of carbonyl (C=O) groups is 1. The molecule has 0 saturated carbocycles. The summed E-state index contributed by atoms with van der Waals surface area (Å²) in [5.74, 6) is -0.816. The van der Waals surface area contributed by atoms with Crippen LogP contribution in [0.1, 0.15) is 20.3 Å². The van der Waals surface area contributed by atoms with Crippen molar-refractivity contribution in [2.24, 2.45) is 0 Å². The van der Waals surface area contributed by atoms with Gasteiger partial charge >= 0.3 is 5.97 Å². The topological polar surface area (TPSA) is 40.5 Å². The Morgan fingerprint density at radius 3 is 2.24 bits per heavy atom. The van der Waals surface area contributed by atoms with Crippen LogP contribution < -0.4 is 4.90 Å². The predicted octanol–water partition coefficient (Wildman–Crippen LogP) is 3.68. The molecule has 0 saturated heterocycles. The van der Waals surface area contributed by atoms with Gasteiger partial charge in [0, 0.05) is 28.3 Å². The molecular formula is C12H15Cl2NO2. The first kappa shape index (κ1) is 14.1. The van der Waals surface area contributed by atoms with Crippen molar-refractivity contribution in [3.63, 3.8) is 0 Å². The largest absolute Gasteiger partial charge is 0.481 e. The summed E-state index contributed by atoms with van der Waals surface area (Å²) in [6.45, 7) is 4.43. The van der Waals surface area contributed by atoms with Gasteiger partial charge in [-0.1, -0.05) is 23.2 Å². The molecule has 0 fully saturated rings. The molecule has 0 unspecified atom stereocenters. The molecular weight excluding hydrogens is 261 g/mol. The maximum absolute atomic E-state index is 10.6. The molecule has 5 heteroatoms. The van der Waals surface area contributed by atoms with Crippen LogP contribution in [0.4, 0.5) is 5.69 Å². The Morgan fingerprint density at radius 1 is 1.29 bits per heavy atom. The van der Waals surface area contributed by atoms with Gasteiger partial charge in [0.2, 0.25) is 0 Å². The van der Waals surface area contributed by atoms with Crippen molar-refractivity contribution in [3.8, 4) is 0 Å². The van der Waals surface area contributed by atoms with Gasteiger partial charge in [0.25, 0.3) is 0 Å². The summed E-state index contributed by atoms with van der Waals surface area (Å²) in [5, 5.41) is 9.82. The van der Waals surface area contributed by atoms with Gasteiger partial charge in [-0.2, -0.15) is 0 Å². The fourth-order valence-electron chi connectivity index (χ4n) is 1.61. The van der Waals surface area contributed by atoms with Gasteiger partial charge in [-0.3, -0.25) is 4.79 Å². The molecule has 94 valence electrons. The van der Waals surface area contributed by atoms with E-state index in [0.29, 0.717) is 16.6 Å². The Kier molecular flexibility index (Phi) is 5.09. The number of nitrogens with zero attached hydrogens (tertiary/aromatic N) is 1. The Morgan fingerprint density at radius 2 is 1.82 bits per heavy atom. The lowest BCUT2D eigenvalue weighted by atomic mass is 10.2. The van der Waals surface area contributed by atoms with E-state index in [4.69, 9.17) is 28.3 Å². The highest BCUT2D eigenvalue weighted by atomic mass is 35.5. The molecule has 0 aliphatic heterocycles. The third-order valence-electron chi connectivity index (χ3n) is 2.37. The highest BCUT2D eigenvalue weighted by Gasteiger charge is 2.13. The average Bonchev–Trinajstić information content (AvgIpc) is 2.14. The van der Waals surface area contributed by atoms with E-state index < -0.39 is 5.97 Å². The van der Waals surface area contributed by atoms with Crippen LogP contribution in [0.15, 0.2) is 18.2 Å². The number of anilines is 1. The number of aliphatic carboxylic acids is 1. The number of halogens is 2. The Balaban J connectivity index is 2.92. The van der Waals surface area contributed by atoms with Gasteiger partial charge in [0.15, 0.2) is 0 Å². The molecule has 1 aromatic carbocycles. The normalized spacial score (nSPS) is 10.6. The zero-order chi connectivity index (χ0) is 13.0. The first-order valence-electron chi connectivity index (χ1n) is 5.34. The van der Waals surface area contributed by atoms with Crippen molar-refractivity contribution in [2.75, 3.05) is 11.4 Å². The highest BCUT2D eigenvalue weighted by molar-refractivity contribution is 6.35. The molecule has 0 aromatic heterocycles. The molecule has 0 amide bonds. The summed E-state index contributed by atoms with van der Waals surface area (Å²) in [6.07, 6.45) is 0.0856. The van der Waals surface area contributed by atoms with Crippen molar-refractivity contribution >= 4 is 34.9 Å². The number of hydrogen-bond donors (Lipinski definition) is 1. The molecule has 1 aromatic rings. The minimum atomic E-state index is -0.816. The smallest absolute Gasteiger partial charge is 0.305 e. The second-order valence-corrected chi connectivity index (χ2v) is 4.93. The molecule has 0 bridgehead atoms. The number of benzene rings is 1. The molecule has 0 radical (unpaired) electrons. The number of carboxylic acid groups (broad SMARTS) is 1. The molecule has 1 rings (SSSR count). The number of hydrogen-bond acceptors (Lipinski definition) is 2. The van der Waals surface area contributed by atoms with Gasteiger partial charge in [-0.15, -0.1) is 0 Å². The predicted molar refractivity (Wildman–Crippen MR) is 71.2 cm³/mol. The Bertz CT molecular complexity index is 387. The van der Waals surface area contributed by atoms with Crippen molar-refractivity contribution in [1.82, 2.24) is 0 Å². The lowest BCUT2D eigenvalue weighted by molar-refractivity contribution is -0.136. The molecule has 0 aliphatic rings. The molecule has 0 heterocycles. The van der Waals surface area contributed by atoms with Gasteiger partial charge in [0.1, 0.15) is 0 Å². The molecule has 0 aliphatic carbocycles. The summed E-state index contributed by atoms with van der Waals surface area (Å²) in [7, 11) is 0. The Labute approximate surface area is 111 Å². The maximum atomic E-state index is 10.6. The summed E-state index contributed by atoms with van der Waals surface area (Å²) in [5.41, 5.74) is 0.846. The minimum absolute atomic E-state index is 0.0856. The quantitative estimate of drug-likeness (QED) is 0.891. The van der Waals surface area contributed by atoms with E-state index in [9.17, 15) is 4.79 Å². The van der Waals surface area contributed by atoms with Crippen LogP contribution in [-0.2, 0) is 4.79 Å². The summed E-state index contributed by atoms with van der Waals surface area (Å²) >= 11 is 11.9. The third kappa shape index (κ3) is 4.44. The lowest BCUT2D eigenvalue weighted by Crippen LogP contribution is -2.32. The highest BCUT2D eigenvalue weighted by Crippen LogP contribution is 2.26. The van der Waals surface area contributed by atoms with Crippen LogP contribution in [0.2, 0.25) is 10.0 Å². The average molecular weight is 276 g/mol. The van der Waals surface area contributed by atoms with Crippen LogP contribution in [-0.4, -0.2) is 23.7 Å². The Hall–Kier alpha value is -0.930. The van der Waals surface area contributed by atoms with E-state index in [1.165, 1.54) is 0 Å². The lowest BCUT2D eigenvalue weighted by Gasteiger charge is -2.28. The second-order valence-electron chi connectivity index (χ2n) is 4.06. The number of carboxylic acids is 1. The molecule has 0 spiro atoms. The van der Waals surface area contributed by atoms with Crippen LogP contribution >= 0.6 is 23.2 Å². The van der Waals surface area contributed by atoms with Crippen molar-refractivity contribution in [1.29, 1.82) is 0 Å². The maximum Gasteiger partial charge on any atom is 0.305 e. The van der Waals surface area contributed by atoms with Crippen molar-refractivity contribution < 1.29 is 9.90 Å². The van der Waals surface area contributed by atoms with Gasteiger partial charge in [-0.05, 0) is 32.0 Å². The van der Waals surface area contributed by atoms with Gasteiger partial charge < -0.3 is 10.0 Å². The summed E-state index contributed by atoms with van der Waals surface area (Å²) < 4.78 is 0. The molecule has 1 N–H and O–H groups in total. The van der Waals surface area contributed by atoms with E-state index in [1.54, 1.807) is 18.2 Å². The fraction of sp³-hybridized carbons (Fsp3) is 0.417. The van der Waals surface area contributed by atoms with E-state index in [1.807, 2.05) is 18.7 Å². The van der Waals surface area contributed by atoms with Crippen LogP contribution in [0.25, 0.3) is 0 Å². The van der Waals surface area contributed by atoms with E-state index >= 15 is 0 Å². The van der Waals surface area contributed by atoms with Crippen molar-refractivity contribution in [3.05, 3.63) is 28.2 Å². The second kappa shape index (κ2) is 6.12. The van der Waals surface area contributed by atoms with Crippen LogP contribution in [0.5, 0.6) is 0 Å². The zero-order valence-electron chi connectivity index (χ0n) is 9.78. The monoisotopic (exact) mass is 275 g/mol. The van der Waals surface area contributed by atoms with Crippen molar-refractivity contribution in [2.45, 2.75) is 26.3 Å². The van der Waals surface area contributed by atoms with Crippen LogP contribution in [0, 0.1) is 0 Å². The molecule has 17 heavy (non-hydrogen) atoms. The minimum Gasteiger partial charge on any atom is -0.481 e. The van der Waals surface area contributed by atoms with Gasteiger partial charge in [0.05, 0.1) is 6.42 Å².